The molecule has 0 spiro atoms. The molecule has 0 saturated carbocycles. The van der Waals surface area contributed by atoms with E-state index in [9.17, 15) is 14.4 Å². The monoisotopic (exact) mass is 492 g/mol. The maximum atomic E-state index is 13.3. The first-order valence-corrected chi connectivity index (χ1v) is 11.8. The lowest BCUT2D eigenvalue weighted by atomic mass is 10.1. The highest BCUT2D eigenvalue weighted by Crippen LogP contribution is 2.23. The van der Waals surface area contributed by atoms with Crippen molar-refractivity contribution in [2.24, 2.45) is 0 Å². The predicted molar refractivity (Wildman–Crippen MR) is 140 cm³/mol. The summed E-state index contributed by atoms with van der Waals surface area (Å²) in [6, 6.07) is 25.3. The van der Waals surface area contributed by atoms with Crippen molar-refractivity contribution in [3.63, 3.8) is 0 Å². The molecule has 9 nitrogen and oxygen atoms in total. The van der Waals surface area contributed by atoms with E-state index in [0.29, 0.717) is 16.5 Å². The van der Waals surface area contributed by atoms with Gasteiger partial charge in [-0.2, -0.15) is 10.2 Å². The van der Waals surface area contributed by atoms with Gasteiger partial charge in [0, 0.05) is 17.1 Å². The van der Waals surface area contributed by atoms with Crippen LogP contribution < -0.4 is 16.4 Å². The molecule has 0 aliphatic heterocycles. The van der Waals surface area contributed by atoms with Gasteiger partial charge in [0.25, 0.3) is 17.4 Å². The Morgan fingerprint density at radius 2 is 1.35 bits per heavy atom. The second-order valence-electron chi connectivity index (χ2n) is 8.68. The predicted octanol–water partition coefficient (Wildman–Crippen LogP) is 3.90. The van der Waals surface area contributed by atoms with Crippen molar-refractivity contribution in [1.82, 2.24) is 30.4 Å². The summed E-state index contributed by atoms with van der Waals surface area (Å²) in [5, 5.41) is 9.69. The van der Waals surface area contributed by atoms with Crippen LogP contribution in [-0.2, 0) is 0 Å². The summed E-state index contributed by atoms with van der Waals surface area (Å²) >= 11 is 0. The highest BCUT2D eigenvalue weighted by molar-refractivity contribution is 6.06. The number of nitrogens with one attached hydrogen (secondary N) is 2. The summed E-state index contributed by atoms with van der Waals surface area (Å²) in [7, 11) is 0. The second kappa shape index (κ2) is 9.90. The summed E-state index contributed by atoms with van der Waals surface area (Å²) in [5.41, 5.74) is 6.97. The molecule has 2 amide bonds. The van der Waals surface area contributed by atoms with E-state index in [-0.39, 0.29) is 22.9 Å². The lowest BCUT2D eigenvalue weighted by Crippen LogP contribution is -2.43. The third-order valence-electron chi connectivity index (χ3n) is 5.85. The standard InChI is InChI=1S/C28H24N6O3/c1-18(2)34-28(37)22-16-10-9-15-21(22)25(32-34)27(36)30-29-26(35)23-17-33(20-13-7-4-8-14-20)31-24(23)19-11-5-3-6-12-19/h3-18H,1-2H3,(H,29,35)(H,30,36). The molecular formula is C28H24N6O3. The fraction of sp³-hybridized carbons (Fsp3) is 0.107. The van der Waals surface area contributed by atoms with Crippen LogP contribution in [0.5, 0.6) is 0 Å². The molecular weight excluding hydrogens is 468 g/mol. The van der Waals surface area contributed by atoms with Gasteiger partial charge in [0.15, 0.2) is 5.69 Å². The average molecular weight is 493 g/mol. The van der Waals surface area contributed by atoms with Crippen molar-refractivity contribution in [2.75, 3.05) is 0 Å². The summed E-state index contributed by atoms with van der Waals surface area (Å²) in [5.74, 6) is -1.19. The van der Waals surface area contributed by atoms with Gasteiger partial charge in [-0.15, -0.1) is 0 Å². The van der Waals surface area contributed by atoms with Crippen molar-refractivity contribution in [3.8, 4) is 16.9 Å². The molecule has 0 saturated heterocycles. The van der Waals surface area contributed by atoms with E-state index in [2.05, 4.69) is 21.0 Å². The van der Waals surface area contributed by atoms with Crippen LogP contribution >= 0.6 is 0 Å². The Balaban J connectivity index is 1.46. The Kier molecular flexibility index (Phi) is 6.34. The summed E-state index contributed by atoms with van der Waals surface area (Å²) in [4.78, 5) is 39.2. The minimum absolute atomic E-state index is 0.0347. The summed E-state index contributed by atoms with van der Waals surface area (Å²) in [6.07, 6.45) is 1.62. The Morgan fingerprint density at radius 3 is 2.03 bits per heavy atom. The molecule has 0 unspecified atom stereocenters. The molecule has 5 aromatic rings. The highest BCUT2D eigenvalue weighted by Gasteiger charge is 2.21. The Bertz CT molecular complexity index is 1660. The van der Waals surface area contributed by atoms with Crippen LogP contribution in [0.25, 0.3) is 27.7 Å². The number of aromatic nitrogens is 4. The molecule has 5 rings (SSSR count). The SMILES string of the molecule is CC(C)n1nc(C(=O)NNC(=O)c2cn(-c3ccccc3)nc2-c2ccccc2)c2ccccc2c1=O. The minimum atomic E-state index is -0.643. The zero-order chi connectivity index (χ0) is 25.9. The fourth-order valence-electron chi connectivity index (χ4n) is 4.03. The molecule has 2 aromatic heterocycles. The third kappa shape index (κ3) is 4.62. The van der Waals surface area contributed by atoms with E-state index >= 15 is 0 Å². The number of carbonyl (C=O) groups is 2. The quantitative estimate of drug-likeness (QED) is 0.362. The van der Waals surface area contributed by atoms with E-state index in [4.69, 9.17) is 0 Å². The second-order valence-corrected chi connectivity index (χ2v) is 8.68. The van der Waals surface area contributed by atoms with Gasteiger partial charge in [-0.25, -0.2) is 9.36 Å². The molecule has 9 heteroatoms. The number of rotatable bonds is 5. The molecule has 0 radical (unpaired) electrons. The number of nitrogens with zero attached hydrogens (tertiary/aromatic N) is 4. The van der Waals surface area contributed by atoms with Crippen LogP contribution in [0, 0.1) is 0 Å². The Hall–Kier alpha value is -5.05. The Morgan fingerprint density at radius 1 is 0.757 bits per heavy atom. The first-order valence-electron chi connectivity index (χ1n) is 11.8. The minimum Gasteiger partial charge on any atom is -0.267 e. The van der Waals surface area contributed by atoms with Crippen LogP contribution in [0.15, 0.2) is 95.9 Å². The third-order valence-corrected chi connectivity index (χ3v) is 5.85. The van der Waals surface area contributed by atoms with Gasteiger partial charge in [0.1, 0.15) is 5.69 Å². The van der Waals surface area contributed by atoms with Gasteiger partial charge in [-0.3, -0.25) is 25.2 Å². The van der Waals surface area contributed by atoms with E-state index in [1.165, 1.54) is 4.68 Å². The van der Waals surface area contributed by atoms with Crippen molar-refractivity contribution in [2.45, 2.75) is 19.9 Å². The first kappa shape index (κ1) is 23.7. The summed E-state index contributed by atoms with van der Waals surface area (Å²) < 4.78 is 2.88. The molecule has 2 N–H and O–H groups in total. The molecule has 0 fully saturated rings. The number of hydrazine groups is 1. The molecule has 0 aliphatic rings. The summed E-state index contributed by atoms with van der Waals surface area (Å²) in [6.45, 7) is 3.62. The molecule has 0 atom stereocenters. The molecule has 0 bridgehead atoms. The Labute approximate surface area is 212 Å². The molecule has 3 aromatic carbocycles. The fourth-order valence-corrected chi connectivity index (χ4v) is 4.03. The van der Waals surface area contributed by atoms with Gasteiger partial charge in [0.2, 0.25) is 0 Å². The molecule has 2 heterocycles. The largest absolute Gasteiger partial charge is 0.290 e. The van der Waals surface area contributed by atoms with Crippen LogP contribution in [0.2, 0.25) is 0 Å². The van der Waals surface area contributed by atoms with Crippen LogP contribution in [-0.4, -0.2) is 31.4 Å². The zero-order valence-electron chi connectivity index (χ0n) is 20.3. The molecule has 184 valence electrons. The van der Waals surface area contributed by atoms with Gasteiger partial charge in [-0.1, -0.05) is 66.7 Å². The van der Waals surface area contributed by atoms with Gasteiger partial charge >= 0.3 is 0 Å². The van der Waals surface area contributed by atoms with Crippen molar-refractivity contribution < 1.29 is 9.59 Å². The van der Waals surface area contributed by atoms with Crippen LogP contribution in [0.4, 0.5) is 0 Å². The smallest absolute Gasteiger partial charge is 0.267 e. The molecule has 0 aliphatic carbocycles. The van der Waals surface area contributed by atoms with Gasteiger partial charge in [0.05, 0.1) is 22.7 Å². The zero-order valence-corrected chi connectivity index (χ0v) is 20.3. The van der Waals surface area contributed by atoms with Gasteiger partial charge < -0.3 is 0 Å². The highest BCUT2D eigenvalue weighted by atomic mass is 16.2. The van der Waals surface area contributed by atoms with Crippen LogP contribution in [0.3, 0.4) is 0 Å². The number of benzene rings is 3. The number of fused-ring (bicyclic) bond motifs is 1. The maximum absolute atomic E-state index is 13.3. The lowest BCUT2D eigenvalue weighted by Gasteiger charge is -2.13. The number of amides is 2. The average Bonchev–Trinajstić information content (AvgIpc) is 3.38. The van der Waals surface area contributed by atoms with E-state index in [0.717, 1.165) is 11.3 Å². The molecule has 37 heavy (non-hydrogen) atoms. The number of para-hydroxylation sites is 1. The topological polar surface area (TPSA) is 111 Å². The van der Waals surface area contributed by atoms with Crippen molar-refractivity contribution in [3.05, 3.63) is 113 Å². The number of carbonyl (C=O) groups excluding carboxylic acids is 2. The normalized spacial score (nSPS) is 11.0. The first-order chi connectivity index (χ1) is 17.9. The van der Waals surface area contributed by atoms with E-state index in [1.54, 1.807) is 35.1 Å². The van der Waals surface area contributed by atoms with E-state index in [1.807, 2.05) is 74.5 Å². The van der Waals surface area contributed by atoms with E-state index < -0.39 is 11.8 Å². The number of hydrogen-bond acceptors (Lipinski definition) is 5. The number of hydrogen-bond donors (Lipinski definition) is 2. The van der Waals surface area contributed by atoms with Gasteiger partial charge in [-0.05, 0) is 32.0 Å². The van der Waals surface area contributed by atoms with Crippen molar-refractivity contribution in [1.29, 1.82) is 0 Å². The van der Waals surface area contributed by atoms with Crippen LogP contribution in [0.1, 0.15) is 40.7 Å². The lowest BCUT2D eigenvalue weighted by molar-refractivity contribution is 0.0843. The van der Waals surface area contributed by atoms with Crippen molar-refractivity contribution >= 4 is 22.6 Å². The maximum Gasteiger partial charge on any atom is 0.290 e.